The Morgan fingerprint density at radius 3 is 2.87 bits per heavy atom. The average molecular weight is 442 g/mol. The normalized spacial score (nSPS) is 15.4. The van der Waals surface area contributed by atoms with Crippen molar-refractivity contribution in [2.24, 2.45) is 0 Å². The number of carbonyl (C=O) groups is 3. The van der Waals surface area contributed by atoms with Gasteiger partial charge in [-0.3, -0.25) is 24.3 Å². The van der Waals surface area contributed by atoms with Crippen LogP contribution in [0.5, 0.6) is 0 Å². The minimum atomic E-state index is -0.433. The zero-order valence-corrected chi connectivity index (χ0v) is 17.4. The van der Waals surface area contributed by atoms with Gasteiger partial charge in [0.1, 0.15) is 0 Å². The van der Waals surface area contributed by atoms with Crippen molar-refractivity contribution in [1.29, 1.82) is 0 Å². The first-order chi connectivity index (χ1) is 14.5. The maximum atomic E-state index is 12.5. The van der Waals surface area contributed by atoms with Crippen molar-refractivity contribution in [3.8, 4) is 0 Å². The Morgan fingerprint density at radius 2 is 2.13 bits per heavy atom. The molecule has 0 atom stereocenters. The van der Waals surface area contributed by atoms with Gasteiger partial charge in [0.25, 0.3) is 17.1 Å². The highest BCUT2D eigenvalue weighted by Crippen LogP contribution is 2.32. The highest BCUT2D eigenvalue weighted by atomic mass is 35.5. The molecule has 0 unspecified atom stereocenters. The predicted octanol–water partition coefficient (Wildman–Crippen LogP) is 4.26. The van der Waals surface area contributed by atoms with Crippen LogP contribution in [0.1, 0.15) is 21.7 Å². The second kappa shape index (κ2) is 8.33. The molecule has 1 N–H and O–H groups in total. The number of thioether (sulfide) groups is 1. The molecule has 0 bridgehead atoms. The fourth-order valence-corrected chi connectivity index (χ4v) is 4.17. The summed E-state index contributed by atoms with van der Waals surface area (Å²) >= 11 is 6.99. The van der Waals surface area contributed by atoms with E-state index in [9.17, 15) is 14.4 Å². The number of furan rings is 1. The molecule has 3 aromatic rings. The van der Waals surface area contributed by atoms with Gasteiger partial charge < -0.3 is 9.73 Å². The molecular formula is C21H16ClN3O4S. The fourth-order valence-electron chi connectivity index (χ4n) is 3.09. The van der Waals surface area contributed by atoms with Gasteiger partial charge in [0, 0.05) is 36.4 Å². The molecule has 0 saturated carbocycles. The molecule has 3 amide bonds. The number of nitrogens with one attached hydrogen (secondary N) is 1. The van der Waals surface area contributed by atoms with Crippen LogP contribution in [-0.2, 0) is 4.79 Å². The zero-order chi connectivity index (χ0) is 21.3. The largest absolute Gasteiger partial charge is 0.449 e. The molecule has 1 aliphatic heterocycles. The molecule has 1 fully saturated rings. The molecule has 30 heavy (non-hydrogen) atoms. The summed E-state index contributed by atoms with van der Waals surface area (Å²) in [6, 6.07) is 8.84. The van der Waals surface area contributed by atoms with Gasteiger partial charge in [-0.25, -0.2) is 0 Å². The van der Waals surface area contributed by atoms with Crippen LogP contribution >= 0.6 is 23.4 Å². The van der Waals surface area contributed by atoms with Crippen molar-refractivity contribution in [2.75, 3.05) is 13.1 Å². The van der Waals surface area contributed by atoms with E-state index in [-0.39, 0.29) is 24.1 Å². The van der Waals surface area contributed by atoms with Gasteiger partial charge in [-0.1, -0.05) is 29.8 Å². The Kier molecular flexibility index (Phi) is 5.61. The number of para-hydroxylation sites is 1. The van der Waals surface area contributed by atoms with Crippen molar-refractivity contribution < 1.29 is 18.8 Å². The van der Waals surface area contributed by atoms with E-state index in [0.29, 0.717) is 21.1 Å². The topological polar surface area (TPSA) is 92.5 Å². The van der Waals surface area contributed by atoms with Gasteiger partial charge >= 0.3 is 0 Å². The Balaban J connectivity index is 1.41. The third kappa shape index (κ3) is 3.83. The highest BCUT2D eigenvalue weighted by Gasteiger charge is 2.34. The standard InChI is InChI=1S/C21H16ClN3O4S/c1-12-14-5-2-6-15(22)18(14)29-17(12)19(26)24-8-9-25-20(27)16(30-21(25)28)10-13-4-3-7-23-11-13/h2-7,10-11H,8-9H2,1H3,(H,24,26)/b16-10-. The number of imide groups is 1. The quantitative estimate of drug-likeness (QED) is 0.595. The molecule has 152 valence electrons. The summed E-state index contributed by atoms with van der Waals surface area (Å²) in [4.78, 5) is 42.7. The van der Waals surface area contributed by atoms with E-state index in [0.717, 1.165) is 27.6 Å². The molecule has 7 nitrogen and oxygen atoms in total. The van der Waals surface area contributed by atoms with Crippen LogP contribution in [0.4, 0.5) is 4.79 Å². The first-order valence-electron chi connectivity index (χ1n) is 9.07. The molecule has 2 aromatic heterocycles. The number of carbonyl (C=O) groups excluding carboxylic acids is 3. The van der Waals surface area contributed by atoms with E-state index in [1.165, 1.54) is 0 Å². The summed E-state index contributed by atoms with van der Waals surface area (Å²) in [6.45, 7) is 1.93. The first-order valence-corrected chi connectivity index (χ1v) is 10.3. The molecule has 1 saturated heterocycles. The van der Waals surface area contributed by atoms with Gasteiger partial charge in [0.15, 0.2) is 11.3 Å². The number of rotatable bonds is 5. The number of hydrogen-bond donors (Lipinski definition) is 1. The minimum absolute atomic E-state index is 0.0564. The molecule has 9 heteroatoms. The smallest absolute Gasteiger partial charge is 0.293 e. The van der Waals surface area contributed by atoms with Gasteiger partial charge in [0.05, 0.1) is 9.93 Å². The van der Waals surface area contributed by atoms with Crippen LogP contribution in [-0.4, -0.2) is 40.0 Å². The van der Waals surface area contributed by atoms with Crippen molar-refractivity contribution >= 4 is 57.5 Å². The van der Waals surface area contributed by atoms with Crippen LogP contribution in [0.2, 0.25) is 5.02 Å². The lowest BCUT2D eigenvalue weighted by Gasteiger charge is -2.12. The molecular weight excluding hydrogens is 426 g/mol. The summed E-state index contributed by atoms with van der Waals surface area (Å²) in [5.74, 6) is -0.670. The zero-order valence-electron chi connectivity index (χ0n) is 15.8. The number of nitrogens with zero attached hydrogens (tertiary/aromatic N) is 2. The third-order valence-corrected chi connectivity index (χ3v) is 5.80. The lowest BCUT2D eigenvalue weighted by molar-refractivity contribution is -0.122. The van der Waals surface area contributed by atoms with E-state index in [2.05, 4.69) is 10.3 Å². The third-order valence-electron chi connectivity index (χ3n) is 4.60. The van der Waals surface area contributed by atoms with Crippen LogP contribution in [0.15, 0.2) is 52.0 Å². The van der Waals surface area contributed by atoms with Crippen LogP contribution in [0, 0.1) is 6.92 Å². The summed E-state index contributed by atoms with van der Waals surface area (Å²) in [7, 11) is 0. The minimum Gasteiger partial charge on any atom is -0.449 e. The van der Waals surface area contributed by atoms with Gasteiger partial charge in [-0.15, -0.1) is 0 Å². The number of aromatic nitrogens is 1. The molecule has 0 spiro atoms. The van der Waals surface area contributed by atoms with E-state index in [4.69, 9.17) is 16.0 Å². The molecule has 1 aromatic carbocycles. The fraction of sp³-hybridized carbons (Fsp3) is 0.143. The monoisotopic (exact) mass is 441 g/mol. The lowest BCUT2D eigenvalue weighted by atomic mass is 10.1. The van der Waals surface area contributed by atoms with E-state index in [1.807, 2.05) is 6.07 Å². The number of pyridine rings is 1. The molecule has 0 aliphatic carbocycles. The Labute approximate surface area is 181 Å². The van der Waals surface area contributed by atoms with Crippen molar-refractivity contribution in [3.05, 3.63) is 69.5 Å². The first kappa shape index (κ1) is 20.2. The van der Waals surface area contributed by atoms with Crippen LogP contribution in [0.3, 0.4) is 0 Å². The highest BCUT2D eigenvalue weighted by molar-refractivity contribution is 8.18. The summed E-state index contributed by atoms with van der Waals surface area (Å²) in [6.07, 6.45) is 4.86. The molecule has 3 heterocycles. The number of amides is 3. The average Bonchev–Trinajstić information content (AvgIpc) is 3.21. The number of hydrogen-bond acceptors (Lipinski definition) is 6. The second-order valence-electron chi connectivity index (χ2n) is 6.55. The van der Waals surface area contributed by atoms with E-state index >= 15 is 0 Å². The van der Waals surface area contributed by atoms with Crippen molar-refractivity contribution in [1.82, 2.24) is 15.2 Å². The Hall–Kier alpha value is -3.10. The summed E-state index contributed by atoms with van der Waals surface area (Å²) in [5.41, 5.74) is 1.86. The van der Waals surface area contributed by atoms with Crippen LogP contribution < -0.4 is 5.32 Å². The maximum absolute atomic E-state index is 12.5. The Bertz CT molecular complexity index is 1190. The predicted molar refractivity (Wildman–Crippen MR) is 115 cm³/mol. The molecule has 4 rings (SSSR count). The van der Waals surface area contributed by atoms with Gasteiger partial charge in [0.2, 0.25) is 0 Å². The van der Waals surface area contributed by atoms with Crippen LogP contribution in [0.25, 0.3) is 17.0 Å². The van der Waals surface area contributed by atoms with Crippen molar-refractivity contribution in [2.45, 2.75) is 6.92 Å². The van der Waals surface area contributed by atoms with Crippen molar-refractivity contribution in [3.63, 3.8) is 0 Å². The molecule has 1 aliphatic rings. The number of halogens is 1. The summed E-state index contributed by atoms with van der Waals surface area (Å²) in [5, 5.41) is 3.50. The lowest BCUT2D eigenvalue weighted by Crippen LogP contribution is -2.37. The molecule has 0 radical (unpaired) electrons. The maximum Gasteiger partial charge on any atom is 0.293 e. The number of fused-ring (bicyclic) bond motifs is 1. The van der Waals surface area contributed by atoms with Gasteiger partial charge in [-0.2, -0.15) is 0 Å². The number of benzene rings is 1. The SMILES string of the molecule is Cc1c(C(=O)NCCN2C(=O)S/C(=C\c3cccnc3)C2=O)oc2c(Cl)cccc12. The van der Waals surface area contributed by atoms with E-state index in [1.54, 1.807) is 49.7 Å². The van der Waals surface area contributed by atoms with E-state index < -0.39 is 11.8 Å². The Morgan fingerprint density at radius 1 is 1.30 bits per heavy atom. The second-order valence-corrected chi connectivity index (χ2v) is 7.95. The number of aryl methyl sites for hydroxylation is 1. The van der Waals surface area contributed by atoms with Gasteiger partial charge in [-0.05, 0) is 42.5 Å². The summed E-state index contributed by atoms with van der Waals surface area (Å²) < 4.78 is 5.63.